The van der Waals surface area contributed by atoms with Crippen LogP contribution in [0.5, 0.6) is 0 Å². The molecule has 0 saturated carbocycles. The minimum absolute atomic E-state index is 0.0676. The molecule has 0 aliphatic rings. The number of carboxylic acids is 1. The van der Waals surface area contributed by atoms with Crippen LogP contribution in [0.4, 0.5) is 11.4 Å². The zero-order valence-corrected chi connectivity index (χ0v) is 16.7. The van der Waals surface area contributed by atoms with Crippen LogP contribution in [0.15, 0.2) is 53.9 Å². The van der Waals surface area contributed by atoms with E-state index in [2.05, 4.69) is 15.3 Å². The Morgan fingerprint density at radius 1 is 1.16 bits per heavy atom. The summed E-state index contributed by atoms with van der Waals surface area (Å²) >= 11 is 1.16. The first-order valence-electron chi connectivity index (χ1n) is 9.11. The highest BCUT2D eigenvalue weighted by atomic mass is 32.1. The van der Waals surface area contributed by atoms with Crippen molar-refractivity contribution in [3.8, 4) is 10.8 Å². The van der Waals surface area contributed by atoms with E-state index in [0.29, 0.717) is 22.0 Å². The number of non-ortho nitro benzene ring substituents is 1. The van der Waals surface area contributed by atoms with E-state index in [1.54, 1.807) is 6.07 Å². The number of hydrogen-bond acceptors (Lipinski definition) is 7. The number of anilines is 1. The molecule has 1 amide bonds. The van der Waals surface area contributed by atoms with Crippen molar-refractivity contribution in [3.63, 3.8) is 0 Å². The molecule has 0 spiro atoms. The maximum Gasteiger partial charge on any atom is 0.355 e. The number of hydrogen-bond donors (Lipinski definition) is 2. The summed E-state index contributed by atoms with van der Waals surface area (Å²) in [5.74, 6) is -0.974. The van der Waals surface area contributed by atoms with Crippen LogP contribution in [0.25, 0.3) is 21.9 Å². The summed E-state index contributed by atoms with van der Waals surface area (Å²) in [5.41, 5.74) is 1.64. The second-order valence-electron chi connectivity index (χ2n) is 6.52. The number of para-hydroxylation sites is 2. The Morgan fingerprint density at radius 2 is 1.97 bits per heavy atom. The Hall–Kier alpha value is -4.12. The van der Waals surface area contributed by atoms with Crippen LogP contribution in [-0.2, 0) is 11.3 Å². The number of carbonyl (C=O) groups excluding carboxylic acids is 1. The number of nitrogens with zero attached hydrogens (tertiary/aromatic N) is 4. The van der Waals surface area contributed by atoms with Crippen molar-refractivity contribution in [1.82, 2.24) is 14.5 Å². The fourth-order valence-electron chi connectivity index (χ4n) is 3.07. The number of thiazole rings is 1. The maximum absolute atomic E-state index is 12.5. The Bertz CT molecular complexity index is 1310. The second kappa shape index (κ2) is 8.32. The van der Waals surface area contributed by atoms with Crippen LogP contribution in [0, 0.1) is 10.1 Å². The Morgan fingerprint density at radius 3 is 2.71 bits per heavy atom. The monoisotopic (exact) mass is 437 g/mol. The highest BCUT2D eigenvalue weighted by molar-refractivity contribution is 7.13. The van der Waals surface area contributed by atoms with Gasteiger partial charge in [-0.15, -0.1) is 11.3 Å². The zero-order chi connectivity index (χ0) is 22.0. The van der Waals surface area contributed by atoms with Gasteiger partial charge in [0.1, 0.15) is 0 Å². The fourth-order valence-corrected chi connectivity index (χ4v) is 3.86. The third kappa shape index (κ3) is 4.26. The first kappa shape index (κ1) is 20.2. The van der Waals surface area contributed by atoms with Gasteiger partial charge in [0.2, 0.25) is 5.91 Å². The molecule has 0 atom stereocenters. The number of rotatable bonds is 7. The van der Waals surface area contributed by atoms with E-state index in [0.717, 1.165) is 16.9 Å². The lowest BCUT2D eigenvalue weighted by molar-refractivity contribution is -0.384. The largest absolute Gasteiger partial charge is 0.476 e. The summed E-state index contributed by atoms with van der Waals surface area (Å²) in [4.78, 5) is 42.7. The summed E-state index contributed by atoms with van der Waals surface area (Å²) in [6.45, 7) is 0.262. The third-order valence-corrected chi connectivity index (χ3v) is 5.31. The van der Waals surface area contributed by atoms with Crippen LogP contribution in [-0.4, -0.2) is 36.4 Å². The summed E-state index contributed by atoms with van der Waals surface area (Å²) in [6, 6.07) is 13.1. The number of aryl methyl sites for hydroxylation is 1. The summed E-state index contributed by atoms with van der Waals surface area (Å²) < 4.78 is 1.81. The predicted molar refractivity (Wildman–Crippen MR) is 114 cm³/mol. The highest BCUT2D eigenvalue weighted by Gasteiger charge is 2.18. The lowest BCUT2D eigenvalue weighted by Gasteiger charge is -2.09. The first-order valence-corrected chi connectivity index (χ1v) is 9.99. The molecule has 2 heterocycles. The molecule has 0 fully saturated rings. The number of nitro groups is 1. The second-order valence-corrected chi connectivity index (χ2v) is 7.38. The van der Waals surface area contributed by atoms with Gasteiger partial charge >= 0.3 is 5.97 Å². The number of aromatic carboxylic acids is 1. The van der Waals surface area contributed by atoms with Gasteiger partial charge in [-0.1, -0.05) is 18.2 Å². The molecule has 0 unspecified atom stereocenters. The van der Waals surface area contributed by atoms with Crippen molar-refractivity contribution in [3.05, 3.63) is 69.7 Å². The quantitative estimate of drug-likeness (QED) is 0.331. The molecular formula is C20H15N5O5S. The van der Waals surface area contributed by atoms with Crippen LogP contribution in [0.1, 0.15) is 16.9 Å². The van der Waals surface area contributed by atoms with E-state index in [1.165, 1.54) is 23.6 Å². The molecule has 4 aromatic rings. The number of nitrogens with one attached hydrogen (secondary N) is 1. The van der Waals surface area contributed by atoms with Gasteiger partial charge in [-0.25, -0.2) is 14.8 Å². The molecule has 0 radical (unpaired) electrons. The lowest BCUT2D eigenvalue weighted by atomic mass is 10.2. The molecular weight excluding hydrogens is 422 g/mol. The number of nitro benzene ring substituents is 1. The van der Waals surface area contributed by atoms with E-state index in [4.69, 9.17) is 5.11 Å². The van der Waals surface area contributed by atoms with E-state index < -0.39 is 10.9 Å². The van der Waals surface area contributed by atoms with Gasteiger partial charge < -0.3 is 15.0 Å². The maximum atomic E-state index is 12.5. The molecule has 0 bridgehead atoms. The standard InChI is InChI=1S/C20H15N5O5S/c26-17(21-12-4-3-5-13(10-12)25(29)30)8-9-24-16-7-2-1-6-14(16)22-18(24)19-23-15(11-31-19)20(27)28/h1-7,10-11H,8-9H2,(H,21,26)(H,27,28). The van der Waals surface area contributed by atoms with Gasteiger partial charge in [-0.05, 0) is 18.2 Å². The summed E-state index contributed by atoms with van der Waals surface area (Å²) in [5, 5.41) is 24.6. The number of carboxylic acid groups (broad SMARTS) is 1. The average molecular weight is 437 g/mol. The Kier molecular flexibility index (Phi) is 5.41. The molecule has 31 heavy (non-hydrogen) atoms. The van der Waals surface area contributed by atoms with Crippen molar-refractivity contribution >= 4 is 45.6 Å². The smallest absolute Gasteiger partial charge is 0.355 e. The SMILES string of the molecule is O=C(CCn1c(-c2nc(C(=O)O)cs2)nc2ccccc21)Nc1cccc([N+](=O)[O-])c1. The lowest BCUT2D eigenvalue weighted by Crippen LogP contribution is -2.15. The van der Waals surface area contributed by atoms with Crippen molar-refractivity contribution < 1.29 is 19.6 Å². The van der Waals surface area contributed by atoms with Gasteiger partial charge in [0.25, 0.3) is 5.69 Å². The topological polar surface area (TPSA) is 140 Å². The van der Waals surface area contributed by atoms with Gasteiger partial charge in [-0.3, -0.25) is 14.9 Å². The summed E-state index contributed by atoms with van der Waals surface area (Å²) in [6.07, 6.45) is 0.0766. The van der Waals surface area contributed by atoms with E-state index >= 15 is 0 Å². The molecule has 0 aliphatic heterocycles. The minimum Gasteiger partial charge on any atom is -0.476 e. The summed E-state index contributed by atoms with van der Waals surface area (Å²) in [7, 11) is 0. The predicted octanol–water partition coefficient (Wildman–Crippen LogP) is 3.80. The normalized spacial score (nSPS) is 10.8. The molecule has 2 aromatic heterocycles. The van der Waals surface area contributed by atoms with Gasteiger partial charge in [-0.2, -0.15) is 0 Å². The van der Waals surface area contributed by atoms with Crippen molar-refractivity contribution in [2.24, 2.45) is 0 Å². The van der Waals surface area contributed by atoms with E-state index in [1.807, 2.05) is 28.8 Å². The molecule has 0 saturated heterocycles. The minimum atomic E-state index is -1.12. The molecule has 2 aromatic carbocycles. The number of amides is 1. The van der Waals surface area contributed by atoms with Crippen molar-refractivity contribution in [1.29, 1.82) is 0 Å². The molecule has 2 N–H and O–H groups in total. The number of fused-ring (bicyclic) bond motifs is 1. The van der Waals surface area contributed by atoms with Crippen molar-refractivity contribution in [2.75, 3.05) is 5.32 Å². The fraction of sp³-hybridized carbons (Fsp3) is 0.100. The van der Waals surface area contributed by atoms with Gasteiger partial charge in [0, 0.05) is 36.2 Å². The van der Waals surface area contributed by atoms with Crippen LogP contribution >= 0.6 is 11.3 Å². The molecule has 10 nitrogen and oxygen atoms in total. The number of carbonyl (C=O) groups is 2. The van der Waals surface area contributed by atoms with Gasteiger partial charge in [0.05, 0.1) is 16.0 Å². The number of aromatic nitrogens is 3. The van der Waals surface area contributed by atoms with E-state index in [-0.39, 0.29) is 30.3 Å². The van der Waals surface area contributed by atoms with Crippen molar-refractivity contribution in [2.45, 2.75) is 13.0 Å². The van der Waals surface area contributed by atoms with Crippen LogP contribution in [0.3, 0.4) is 0 Å². The zero-order valence-electron chi connectivity index (χ0n) is 15.9. The van der Waals surface area contributed by atoms with Gasteiger partial charge in [0.15, 0.2) is 16.5 Å². The Balaban J connectivity index is 1.57. The van der Waals surface area contributed by atoms with Crippen LogP contribution in [0.2, 0.25) is 0 Å². The number of benzene rings is 2. The van der Waals surface area contributed by atoms with E-state index in [9.17, 15) is 19.7 Å². The molecule has 0 aliphatic carbocycles. The molecule has 4 rings (SSSR count). The average Bonchev–Trinajstić information content (AvgIpc) is 3.37. The highest BCUT2D eigenvalue weighted by Crippen LogP contribution is 2.28. The number of imidazole rings is 1. The Labute approximate surface area is 179 Å². The molecule has 156 valence electrons. The third-order valence-electron chi connectivity index (χ3n) is 4.47. The first-order chi connectivity index (χ1) is 14.9. The van der Waals surface area contributed by atoms with Crippen LogP contribution < -0.4 is 5.32 Å². The molecule has 11 heteroatoms.